The van der Waals surface area contributed by atoms with Crippen LogP contribution < -0.4 is 0 Å². The van der Waals surface area contributed by atoms with Crippen LogP contribution in [0.5, 0.6) is 0 Å². The first kappa shape index (κ1) is 28.6. The van der Waals surface area contributed by atoms with E-state index in [-0.39, 0.29) is 16.4 Å². The van der Waals surface area contributed by atoms with Crippen molar-refractivity contribution in [3.8, 4) is 0 Å². The zero-order valence-corrected chi connectivity index (χ0v) is 4.14. The van der Waals surface area contributed by atoms with Gasteiger partial charge in [-0.15, -0.1) is 9.79 Å². The van der Waals surface area contributed by atoms with Gasteiger partial charge >= 0.3 is 8.25 Å². The van der Waals surface area contributed by atoms with Gasteiger partial charge in [-0.05, 0) is 0 Å². The molecule has 48 valence electrons. The van der Waals surface area contributed by atoms with E-state index in [1.54, 1.807) is 0 Å². The van der Waals surface area contributed by atoms with Crippen molar-refractivity contribution in [2.45, 2.75) is 0 Å². The molecule has 0 radical (unpaired) electrons. The van der Waals surface area contributed by atoms with E-state index in [9.17, 15) is 0 Å². The summed E-state index contributed by atoms with van der Waals surface area (Å²) in [4.78, 5) is 14.2. The molecule has 8 N–H and O–H groups in total. The molecule has 0 aromatic carbocycles. The van der Waals surface area contributed by atoms with Crippen LogP contribution in [0.1, 0.15) is 0 Å². The van der Waals surface area contributed by atoms with Crippen molar-refractivity contribution in [2.24, 2.45) is 0 Å². The second kappa shape index (κ2) is 16.8. The molecule has 0 saturated heterocycles. The quantitative estimate of drug-likeness (QED) is 0.343. The van der Waals surface area contributed by atoms with Gasteiger partial charge in [0.1, 0.15) is 0 Å². The highest BCUT2D eigenvalue weighted by molar-refractivity contribution is 7.30. The highest BCUT2D eigenvalue weighted by Crippen LogP contribution is 1.98. The van der Waals surface area contributed by atoms with Crippen LogP contribution in [-0.4, -0.2) is 26.2 Å². The van der Waals surface area contributed by atoms with Crippen molar-refractivity contribution in [2.75, 3.05) is 0 Å². The minimum Gasteiger partial charge on any atom is -0.412 e. The van der Waals surface area contributed by atoms with Crippen molar-refractivity contribution in [3.05, 3.63) is 0 Å². The van der Waals surface area contributed by atoms with E-state index in [1.807, 2.05) is 0 Å². The summed E-state index contributed by atoms with van der Waals surface area (Å²) in [5.41, 5.74) is 0. The van der Waals surface area contributed by atoms with Crippen molar-refractivity contribution in [3.63, 3.8) is 0 Å². The molecule has 0 aliphatic carbocycles. The summed E-state index contributed by atoms with van der Waals surface area (Å²) < 4.78 is 8.70. The molecule has 0 aromatic heterocycles. The average molecular weight is 135 g/mol. The van der Waals surface area contributed by atoms with E-state index < -0.39 is 8.25 Å². The molecule has 0 spiro atoms. The lowest BCUT2D eigenvalue weighted by atomic mass is 15.8. The molecule has 0 aromatic rings. The molecule has 0 amide bonds. The SMILES string of the molecule is O.O.O.O=[P+](O)O. The van der Waals surface area contributed by atoms with Gasteiger partial charge in [0.25, 0.3) is 0 Å². The Hall–Kier alpha value is -0.100. The highest BCUT2D eigenvalue weighted by atomic mass is 31.1. The molecule has 0 heterocycles. The Morgan fingerprint density at radius 1 is 1.00 bits per heavy atom. The lowest BCUT2D eigenvalue weighted by Crippen LogP contribution is -1.38. The second-order valence-electron chi connectivity index (χ2n) is 0.253. The van der Waals surface area contributed by atoms with E-state index >= 15 is 0 Å². The molecular formula is H8O6P+. The topological polar surface area (TPSA) is 152 Å². The van der Waals surface area contributed by atoms with Crippen molar-refractivity contribution in [1.29, 1.82) is 0 Å². The maximum absolute atomic E-state index is 8.70. The van der Waals surface area contributed by atoms with Crippen LogP contribution in [-0.2, 0) is 4.57 Å². The van der Waals surface area contributed by atoms with E-state index in [0.717, 1.165) is 0 Å². The van der Waals surface area contributed by atoms with Gasteiger partial charge < -0.3 is 16.4 Å². The Kier molecular flexibility index (Phi) is 68.7. The molecule has 0 bridgehead atoms. The zero-order valence-electron chi connectivity index (χ0n) is 3.25. The maximum atomic E-state index is 8.70. The number of hydrogen-bond acceptors (Lipinski definition) is 1. The third-order valence-electron chi connectivity index (χ3n) is 0. The fourth-order valence-corrected chi connectivity index (χ4v) is 0. The fourth-order valence-electron chi connectivity index (χ4n) is 0. The predicted molar refractivity (Wildman–Crippen MR) is 22.9 cm³/mol. The van der Waals surface area contributed by atoms with E-state index in [2.05, 4.69) is 0 Å². The van der Waals surface area contributed by atoms with Crippen LogP contribution in [0, 0.1) is 0 Å². The van der Waals surface area contributed by atoms with Gasteiger partial charge in [-0.25, -0.2) is 0 Å². The Labute approximate surface area is 40.3 Å². The summed E-state index contributed by atoms with van der Waals surface area (Å²) in [5, 5.41) is 0. The second-order valence-corrected chi connectivity index (χ2v) is 0.758. The van der Waals surface area contributed by atoms with Crippen LogP contribution in [0.4, 0.5) is 0 Å². The van der Waals surface area contributed by atoms with Crippen LogP contribution in [0.15, 0.2) is 0 Å². The average Bonchev–Trinajstić information content (AvgIpc) is 0.811. The summed E-state index contributed by atoms with van der Waals surface area (Å²) >= 11 is 0. The zero-order chi connectivity index (χ0) is 3.58. The molecule has 7 heteroatoms. The van der Waals surface area contributed by atoms with Crippen LogP contribution in [0.3, 0.4) is 0 Å². The monoisotopic (exact) mass is 135 g/mol. The first-order valence-corrected chi connectivity index (χ1v) is 1.75. The van der Waals surface area contributed by atoms with Gasteiger partial charge in [-0.2, -0.15) is 0 Å². The summed E-state index contributed by atoms with van der Waals surface area (Å²) in [7, 11) is -2.87. The van der Waals surface area contributed by atoms with Crippen LogP contribution in [0.25, 0.3) is 0 Å². The standard InChI is InChI=1S/HO3P.3H2O/c1-4(2)3;;;/h(H-,1,2,3);3*1H2/p+1. The number of rotatable bonds is 0. The molecule has 0 aliphatic heterocycles. The minimum absolute atomic E-state index is 0. The fraction of sp³-hybridized carbons (Fsp3) is 0. The molecule has 0 unspecified atom stereocenters. The third-order valence-corrected chi connectivity index (χ3v) is 0. The van der Waals surface area contributed by atoms with Crippen LogP contribution in [0.2, 0.25) is 0 Å². The summed E-state index contributed by atoms with van der Waals surface area (Å²) in [6.07, 6.45) is 0. The predicted octanol–water partition coefficient (Wildman–Crippen LogP) is -2.85. The summed E-state index contributed by atoms with van der Waals surface area (Å²) in [6, 6.07) is 0. The molecule has 0 rings (SSSR count). The Morgan fingerprint density at radius 2 is 1.00 bits per heavy atom. The molecule has 0 aliphatic rings. The first-order valence-electron chi connectivity index (χ1n) is 0.583. The van der Waals surface area contributed by atoms with E-state index in [1.165, 1.54) is 0 Å². The first-order chi connectivity index (χ1) is 1.73. The van der Waals surface area contributed by atoms with Gasteiger partial charge in [0.2, 0.25) is 0 Å². The summed E-state index contributed by atoms with van der Waals surface area (Å²) in [5.74, 6) is 0. The Bertz CT molecular complexity index is 27.2. The largest absolute Gasteiger partial charge is 0.692 e. The van der Waals surface area contributed by atoms with Crippen molar-refractivity contribution < 1.29 is 30.8 Å². The lowest BCUT2D eigenvalue weighted by molar-refractivity contribution is 0.405. The minimum atomic E-state index is -2.87. The highest BCUT2D eigenvalue weighted by Gasteiger charge is 1.93. The van der Waals surface area contributed by atoms with Gasteiger partial charge in [-0.1, -0.05) is 0 Å². The van der Waals surface area contributed by atoms with Gasteiger partial charge in [0, 0.05) is 4.57 Å². The normalized spacial score (nSPS) is 3.71. The Balaban J connectivity index is -0.0000000150. The lowest BCUT2D eigenvalue weighted by Gasteiger charge is -1.34. The van der Waals surface area contributed by atoms with Gasteiger partial charge in [0.15, 0.2) is 0 Å². The number of hydrogen-bond donors (Lipinski definition) is 2. The molecule has 0 saturated carbocycles. The van der Waals surface area contributed by atoms with Crippen molar-refractivity contribution in [1.82, 2.24) is 0 Å². The van der Waals surface area contributed by atoms with E-state index in [4.69, 9.17) is 14.4 Å². The summed E-state index contributed by atoms with van der Waals surface area (Å²) in [6.45, 7) is 0. The van der Waals surface area contributed by atoms with Gasteiger partial charge in [0.05, 0.1) is 0 Å². The molecule has 6 nitrogen and oxygen atoms in total. The van der Waals surface area contributed by atoms with E-state index in [0.29, 0.717) is 0 Å². The smallest absolute Gasteiger partial charge is 0.412 e. The van der Waals surface area contributed by atoms with Crippen molar-refractivity contribution >= 4 is 8.25 Å². The molecule has 0 fully saturated rings. The maximum Gasteiger partial charge on any atom is 0.692 e. The molecule has 7 heavy (non-hydrogen) atoms. The Morgan fingerprint density at radius 3 is 1.00 bits per heavy atom. The molecule has 0 atom stereocenters. The van der Waals surface area contributed by atoms with Crippen LogP contribution >= 0.6 is 8.25 Å². The molecular weight excluding hydrogens is 127 g/mol. The third kappa shape index (κ3) is 8970. The van der Waals surface area contributed by atoms with Gasteiger partial charge in [-0.3, -0.25) is 0 Å².